The Morgan fingerprint density at radius 2 is 0.895 bits per heavy atom. The first-order valence-electron chi connectivity index (χ1n) is 13.7. The van der Waals surface area contributed by atoms with E-state index in [0.717, 1.165) is 18.2 Å². The highest BCUT2D eigenvalue weighted by Crippen LogP contribution is 2.24. The maximum Gasteiger partial charge on any atom is 0.0471 e. The summed E-state index contributed by atoms with van der Waals surface area (Å²) < 4.78 is 0. The topological polar surface area (TPSA) is 20.2 Å². The first-order valence-corrected chi connectivity index (χ1v) is 14.8. The van der Waals surface area contributed by atoms with Gasteiger partial charge in [0.15, 0.2) is 0 Å². The van der Waals surface area contributed by atoms with Gasteiger partial charge in [-0.3, -0.25) is 0 Å². The summed E-state index contributed by atoms with van der Waals surface area (Å²) in [5.74, 6) is 0. The van der Waals surface area contributed by atoms with Gasteiger partial charge in [-0.25, -0.2) is 0 Å². The van der Waals surface area contributed by atoms with Crippen molar-refractivity contribution in [3.05, 3.63) is 113 Å². The Bertz CT molecular complexity index is 996. The van der Waals surface area contributed by atoms with Gasteiger partial charge in [-0.05, 0) is 62.5 Å². The number of hydrogen-bond acceptors (Lipinski definition) is 1. The highest BCUT2D eigenvalue weighted by atomic mass is 79.9. The van der Waals surface area contributed by atoms with E-state index in [2.05, 4.69) is 158 Å². The SMILES string of the molecule is C=Cc1ccc(C(C)(C)C)cc1.CC(C)(C)c1ccc(CCBr)cc1.CC(C)(C)c1ccc(CCO)cc1. The molecule has 0 heterocycles. The Balaban J connectivity index is 0.000000285. The van der Waals surface area contributed by atoms with Crippen molar-refractivity contribution in [2.45, 2.75) is 91.4 Å². The molecule has 0 saturated heterocycles. The predicted molar refractivity (Wildman–Crippen MR) is 174 cm³/mol. The highest BCUT2D eigenvalue weighted by Gasteiger charge is 2.14. The van der Waals surface area contributed by atoms with Gasteiger partial charge in [0, 0.05) is 11.9 Å². The van der Waals surface area contributed by atoms with Crippen LogP contribution in [0, 0.1) is 0 Å². The van der Waals surface area contributed by atoms with Crippen LogP contribution in [-0.2, 0) is 29.1 Å². The monoisotopic (exact) mass is 578 g/mol. The van der Waals surface area contributed by atoms with E-state index in [1.165, 1.54) is 33.4 Å². The normalized spacial score (nSPS) is 11.6. The molecule has 208 valence electrons. The Labute approximate surface area is 242 Å². The minimum Gasteiger partial charge on any atom is -0.396 e. The average molecular weight is 580 g/mol. The number of alkyl halides is 1. The van der Waals surface area contributed by atoms with E-state index in [1.54, 1.807) is 0 Å². The van der Waals surface area contributed by atoms with Gasteiger partial charge in [-0.15, -0.1) is 0 Å². The summed E-state index contributed by atoms with van der Waals surface area (Å²) in [7, 11) is 0. The van der Waals surface area contributed by atoms with E-state index in [4.69, 9.17) is 5.11 Å². The van der Waals surface area contributed by atoms with Gasteiger partial charge in [0.1, 0.15) is 0 Å². The molecule has 0 spiro atoms. The average Bonchev–Trinajstić information content (AvgIpc) is 2.84. The minimum absolute atomic E-state index is 0.220. The van der Waals surface area contributed by atoms with E-state index >= 15 is 0 Å². The van der Waals surface area contributed by atoms with Crippen LogP contribution in [0.1, 0.15) is 95.7 Å². The minimum atomic E-state index is 0.220. The van der Waals surface area contributed by atoms with Crippen LogP contribution in [0.15, 0.2) is 79.4 Å². The van der Waals surface area contributed by atoms with Gasteiger partial charge in [-0.1, -0.05) is 164 Å². The number of aliphatic hydroxyl groups is 1. The molecule has 0 unspecified atom stereocenters. The molecular weight excluding hydrogens is 528 g/mol. The summed E-state index contributed by atoms with van der Waals surface area (Å²) in [5.41, 5.74) is 8.65. The summed E-state index contributed by atoms with van der Waals surface area (Å²) in [5, 5.41) is 9.79. The molecule has 0 saturated carbocycles. The fourth-order valence-electron chi connectivity index (χ4n) is 3.70. The predicted octanol–water partition coefficient (Wildman–Crippen LogP) is 10.1. The van der Waals surface area contributed by atoms with Gasteiger partial charge in [0.25, 0.3) is 0 Å². The Morgan fingerprint density at radius 1 is 0.579 bits per heavy atom. The molecule has 0 aromatic heterocycles. The van der Waals surface area contributed by atoms with Crippen molar-refractivity contribution < 1.29 is 5.11 Å². The summed E-state index contributed by atoms with van der Waals surface area (Å²) in [6.07, 6.45) is 3.74. The first-order chi connectivity index (χ1) is 17.6. The smallest absolute Gasteiger partial charge is 0.0471 e. The van der Waals surface area contributed by atoms with Crippen LogP contribution in [-0.4, -0.2) is 17.0 Å². The second kappa shape index (κ2) is 15.4. The molecule has 0 atom stereocenters. The molecule has 3 rings (SSSR count). The molecule has 3 aromatic carbocycles. The van der Waals surface area contributed by atoms with Gasteiger partial charge in [0.05, 0.1) is 0 Å². The fraction of sp³-hybridized carbons (Fsp3) is 0.444. The zero-order valence-electron chi connectivity index (χ0n) is 25.4. The molecule has 0 fully saturated rings. The Hall–Kier alpha value is -2.16. The lowest BCUT2D eigenvalue weighted by molar-refractivity contribution is 0.299. The number of aliphatic hydroxyl groups excluding tert-OH is 1. The molecule has 0 radical (unpaired) electrons. The van der Waals surface area contributed by atoms with Crippen LogP contribution in [0.5, 0.6) is 0 Å². The van der Waals surface area contributed by atoms with E-state index in [-0.39, 0.29) is 22.9 Å². The Kier molecular flexibility index (Phi) is 13.8. The van der Waals surface area contributed by atoms with Crippen molar-refractivity contribution in [2.75, 3.05) is 11.9 Å². The van der Waals surface area contributed by atoms with Gasteiger partial charge < -0.3 is 5.11 Å². The lowest BCUT2D eigenvalue weighted by Crippen LogP contribution is -2.10. The van der Waals surface area contributed by atoms with Crippen molar-refractivity contribution in [3.8, 4) is 0 Å². The van der Waals surface area contributed by atoms with Crippen LogP contribution in [0.2, 0.25) is 0 Å². The number of halogens is 1. The molecule has 0 amide bonds. The number of hydrogen-bond donors (Lipinski definition) is 1. The molecule has 1 N–H and O–H groups in total. The molecule has 0 aliphatic rings. The molecule has 3 aromatic rings. The molecule has 0 bridgehead atoms. The summed E-state index contributed by atoms with van der Waals surface area (Å²) >= 11 is 3.44. The maximum absolute atomic E-state index is 8.75. The van der Waals surface area contributed by atoms with E-state index in [0.29, 0.717) is 0 Å². The number of rotatable bonds is 5. The quantitative estimate of drug-likeness (QED) is 0.298. The maximum atomic E-state index is 8.75. The third kappa shape index (κ3) is 12.6. The Morgan fingerprint density at radius 3 is 1.16 bits per heavy atom. The van der Waals surface area contributed by atoms with Crippen LogP contribution in [0.4, 0.5) is 0 Å². The number of aryl methyl sites for hydroxylation is 1. The van der Waals surface area contributed by atoms with Crippen LogP contribution < -0.4 is 0 Å². The second-order valence-corrected chi connectivity index (χ2v) is 13.7. The molecule has 0 aliphatic carbocycles. The van der Waals surface area contributed by atoms with Crippen molar-refractivity contribution in [1.82, 2.24) is 0 Å². The number of benzene rings is 3. The fourth-order valence-corrected chi connectivity index (χ4v) is 4.16. The van der Waals surface area contributed by atoms with Crippen LogP contribution >= 0.6 is 15.9 Å². The second-order valence-electron chi connectivity index (χ2n) is 12.9. The lowest BCUT2D eigenvalue weighted by Gasteiger charge is -2.19. The van der Waals surface area contributed by atoms with Gasteiger partial charge in [-0.2, -0.15) is 0 Å². The third-order valence-corrected chi connectivity index (χ3v) is 6.83. The first kappa shape index (κ1) is 33.9. The molecule has 1 nitrogen and oxygen atoms in total. The van der Waals surface area contributed by atoms with Crippen molar-refractivity contribution in [1.29, 1.82) is 0 Å². The zero-order chi connectivity index (χ0) is 29.0. The third-order valence-electron chi connectivity index (χ3n) is 6.44. The summed E-state index contributed by atoms with van der Waals surface area (Å²) in [6.45, 7) is 23.9. The molecule has 38 heavy (non-hydrogen) atoms. The standard InChI is InChI=1S/C12H17Br.C12H18O.C12H16/c2*1-12(2,3)11-6-4-10(5-7-11)8-9-13;1-5-10-6-8-11(9-7-10)12(2,3)4/h4-7H,8-9H2,1-3H3;4-7,13H,8-9H2,1-3H3;5-9H,1H2,2-4H3. The van der Waals surface area contributed by atoms with Gasteiger partial charge in [0.2, 0.25) is 0 Å². The van der Waals surface area contributed by atoms with Crippen LogP contribution in [0.3, 0.4) is 0 Å². The summed E-state index contributed by atoms with van der Waals surface area (Å²) in [6, 6.07) is 25.9. The van der Waals surface area contributed by atoms with Crippen molar-refractivity contribution in [2.24, 2.45) is 0 Å². The largest absolute Gasteiger partial charge is 0.396 e. The lowest BCUT2D eigenvalue weighted by atomic mass is 9.86. The van der Waals surface area contributed by atoms with E-state index in [9.17, 15) is 0 Å². The van der Waals surface area contributed by atoms with Crippen LogP contribution in [0.25, 0.3) is 6.08 Å². The molecular formula is C36H51BrO. The zero-order valence-corrected chi connectivity index (χ0v) is 27.0. The van der Waals surface area contributed by atoms with Gasteiger partial charge >= 0.3 is 0 Å². The molecule has 0 aliphatic heterocycles. The van der Waals surface area contributed by atoms with Crippen molar-refractivity contribution >= 4 is 22.0 Å². The van der Waals surface area contributed by atoms with E-state index < -0.39 is 0 Å². The molecule has 2 heteroatoms. The highest BCUT2D eigenvalue weighted by molar-refractivity contribution is 9.09. The summed E-state index contributed by atoms with van der Waals surface area (Å²) in [4.78, 5) is 0. The van der Waals surface area contributed by atoms with Crippen molar-refractivity contribution in [3.63, 3.8) is 0 Å². The van der Waals surface area contributed by atoms with E-state index in [1.807, 2.05) is 6.08 Å².